The minimum atomic E-state index is 0.542. The Morgan fingerprint density at radius 1 is 1.11 bits per heavy atom. The lowest BCUT2D eigenvalue weighted by Crippen LogP contribution is -1.80. The summed E-state index contributed by atoms with van der Waals surface area (Å²) < 4.78 is 0. The molecule has 1 heteroatoms. The summed E-state index contributed by atoms with van der Waals surface area (Å²) in [4.78, 5) is 0. The molecule has 0 heterocycles. The Bertz CT molecular complexity index is 537. The van der Waals surface area contributed by atoms with E-state index in [9.17, 15) is 0 Å². The molecule has 0 aliphatic carbocycles. The quantitative estimate of drug-likeness (QED) is 0.544. The Morgan fingerprint density at radius 3 is 2.39 bits per heavy atom. The molecule has 0 spiro atoms. The van der Waals surface area contributed by atoms with Crippen molar-refractivity contribution in [3.05, 3.63) is 90.6 Å². The van der Waals surface area contributed by atoms with E-state index < -0.39 is 0 Å². The molecule has 0 atom stereocenters. The van der Waals surface area contributed by atoms with Gasteiger partial charge in [-0.25, -0.2) is 0 Å². The van der Waals surface area contributed by atoms with Crippen LogP contribution in [0, 0.1) is 11.3 Å². The second-order valence-corrected chi connectivity index (χ2v) is 3.52. The number of allylic oxidation sites excluding steroid dienone is 7. The molecule has 0 N–H and O–H groups in total. The maximum atomic E-state index is 9.02. The fraction of sp³-hybridized carbons (Fsp3) is 0. The maximum absolute atomic E-state index is 9.02. The lowest BCUT2D eigenvalue weighted by atomic mass is 10.1. The van der Waals surface area contributed by atoms with Crippen molar-refractivity contribution < 1.29 is 0 Å². The Morgan fingerprint density at radius 2 is 1.83 bits per heavy atom. The van der Waals surface area contributed by atoms with Crippen LogP contribution in [0.3, 0.4) is 0 Å². The molecule has 1 rings (SSSR count). The van der Waals surface area contributed by atoms with Gasteiger partial charge in [-0.1, -0.05) is 79.9 Å². The second kappa shape index (κ2) is 7.65. The van der Waals surface area contributed by atoms with Crippen molar-refractivity contribution in [3.8, 4) is 6.07 Å². The minimum absolute atomic E-state index is 0.542. The molecule has 1 nitrogen and oxygen atoms in total. The number of nitrogens with zero attached hydrogens (tertiary/aromatic N) is 1. The van der Waals surface area contributed by atoms with Gasteiger partial charge in [-0.15, -0.1) is 0 Å². The minimum Gasteiger partial charge on any atom is -0.192 e. The van der Waals surface area contributed by atoms with Crippen molar-refractivity contribution in [2.24, 2.45) is 0 Å². The smallest absolute Gasteiger partial charge is 0.0997 e. The van der Waals surface area contributed by atoms with E-state index in [2.05, 4.69) is 19.2 Å². The predicted molar refractivity (Wildman–Crippen MR) is 77.6 cm³/mol. The van der Waals surface area contributed by atoms with E-state index in [-0.39, 0.29) is 0 Å². The molecule has 18 heavy (non-hydrogen) atoms. The molecule has 0 unspecified atom stereocenters. The van der Waals surface area contributed by atoms with Crippen molar-refractivity contribution in [3.63, 3.8) is 0 Å². The molecular formula is C17H15N. The molecule has 0 saturated heterocycles. The largest absolute Gasteiger partial charge is 0.192 e. The first-order valence-corrected chi connectivity index (χ1v) is 5.61. The summed E-state index contributed by atoms with van der Waals surface area (Å²) in [6, 6.07) is 12.0. The van der Waals surface area contributed by atoms with Crippen molar-refractivity contribution in [1.29, 1.82) is 5.26 Å². The highest BCUT2D eigenvalue weighted by atomic mass is 14.2. The van der Waals surface area contributed by atoms with Gasteiger partial charge >= 0.3 is 0 Å². The Hall–Kier alpha value is -2.59. The van der Waals surface area contributed by atoms with Crippen LogP contribution in [-0.4, -0.2) is 0 Å². The van der Waals surface area contributed by atoms with Gasteiger partial charge in [0.25, 0.3) is 0 Å². The molecule has 0 amide bonds. The molecule has 0 fully saturated rings. The Labute approximate surface area is 108 Å². The first-order chi connectivity index (χ1) is 8.81. The average molecular weight is 233 g/mol. The van der Waals surface area contributed by atoms with E-state index in [1.165, 1.54) is 0 Å². The van der Waals surface area contributed by atoms with E-state index in [0.29, 0.717) is 5.57 Å². The summed E-state index contributed by atoms with van der Waals surface area (Å²) in [5.74, 6) is 0. The lowest BCUT2D eigenvalue weighted by Gasteiger charge is -1.97. The van der Waals surface area contributed by atoms with Gasteiger partial charge in [0.2, 0.25) is 0 Å². The summed E-state index contributed by atoms with van der Waals surface area (Å²) in [6.45, 7) is 7.26. The van der Waals surface area contributed by atoms with E-state index >= 15 is 0 Å². The fourth-order valence-electron chi connectivity index (χ4n) is 1.39. The fourth-order valence-corrected chi connectivity index (χ4v) is 1.39. The van der Waals surface area contributed by atoms with E-state index in [1.54, 1.807) is 18.2 Å². The number of rotatable bonds is 5. The molecule has 0 aromatic heterocycles. The summed E-state index contributed by atoms with van der Waals surface area (Å²) in [5, 5.41) is 9.02. The van der Waals surface area contributed by atoms with E-state index in [1.807, 2.05) is 48.6 Å². The number of nitriles is 1. The van der Waals surface area contributed by atoms with Crippen LogP contribution in [0.15, 0.2) is 85.0 Å². The maximum Gasteiger partial charge on any atom is 0.0997 e. The normalized spacial score (nSPS) is 12.2. The number of benzene rings is 1. The Balaban J connectivity index is 3.07. The van der Waals surface area contributed by atoms with Crippen LogP contribution < -0.4 is 0 Å². The van der Waals surface area contributed by atoms with Gasteiger partial charge in [0.1, 0.15) is 0 Å². The van der Waals surface area contributed by atoms with Gasteiger partial charge in [0, 0.05) is 0 Å². The average Bonchev–Trinajstić information content (AvgIpc) is 2.43. The van der Waals surface area contributed by atoms with Crippen molar-refractivity contribution in [1.82, 2.24) is 0 Å². The van der Waals surface area contributed by atoms with Gasteiger partial charge in [-0.05, 0) is 11.1 Å². The van der Waals surface area contributed by atoms with Gasteiger partial charge < -0.3 is 0 Å². The van der Waals surface area contributed by atoms with E-state index in [4.69, 9.17) is 5.26 Å². The highest BCUT2D eigenvalue weighted by molar-refractivity contribution is 5.58. The first-order valence-electron chi connectivity index (χ1n) is 5.61. The zero-order valence-electron chi connectivity index (χ0n) is 10.2. The van der Waals surface area contributed by atoms with Crippen LogP contribution in [0.25, 0.3) is 6.08 Å². The van der Waals surface area contributed by atoms with Gasteiger partial charge in [0.15, 0.2) is 0 Å². The molecule has 0 radical (unpaired) electrons. The Kier molecular flexibility index (Phi) is 5.72. The monoisotopic (exact) mass is 233 g/mol. The highest BCUT2D eigenvalue weighted by Crippen LogP contribution is 2.12. The zero-order chi connectivity index (χ0) is 13.2. The van der Waals surface area contributed by atoms with Crippen LogP contribution in [-0.2, 0) is 0 Å². The van der Waals surface area contributed by atoms with Crippen LogP contribution in [0.5, 0.6) is 0 Å². The van der Waals surface area contributed by atoms with Gasteiger partial charge in [-0.2, -0.15) is 5.26 Å². The van der Waals surface area contributed by atoms with Crippen LogP contribution in [0.2, 0.25) is 0 Å². The summed E-state index contributed by atoms with van der Waals surface area (Å²) in [7, 11) is 0. The standard InChI is InChI=1S/C17H15N/c1-3-5-11-17(16(4-2)14-18)13-12-15-9-7-6-8-10-15/h3-13H,1-2H2. The lowest BCUT2D eigenvalue weighted by molar-refractivity contribution is 1.47. The molecule has 0 aliphatic rings. The SMILES string of the molecule is C=CC=CC(C=Cc1ccccc1)=C(C#N)C=C. The molecule has 0 bridgehead atoms. The second-order valence-electron chi connectivity index (χ2n) is 3.52. The summed E-state index contributed by atoms with van der Waals surface area (Å²) >= 11 is 0. The molecule has 88 valence electrons. The summed E-state index contributed by atoms with van der Waals surface area (Å²) in [5.41, 5.74) is 2.44. The van der Waals surface area contributed by atoms with Gasteiger partial charge in [-0.3, -0.25) is 0 Å². The molecule has 1 aromatic carbocycles. The van der Waals surface area contributed by atoms with Crippen LogP contribution >= 0.6 is 0 Å². The zero-order valence-corrected chi connectivity index (χ0v) is 10.2. The molecular weight excluding hydrogens is 218 g/mol. The van der Waals surface area contributed by atoms with Crippen molar-refractivity contribution in [2.75, 3.05) is 0 Å². The van der Waals surface area contributed by atoms with Crippen molar-refractivity contribution >= 4 is 6.08 Å². The molecule has 0 aliphatic heterocycles. The third kappa shape index (κ3) is 4.11. The number of hydrogen-bond donors (Lipinski definition) is 0. The third-order valence-corrected chi connectivity index (χ3v) is 2.30. The van der Waals surface area contributed by atoms with Crippen molar-refractivity contribution in [2.45, 2.75) is 0 Å². The third-order valence-electron chi connectivity index (χ3n) is 2.30. The summed E-state index contributed by atoms with van der Waals surface area (Å²) in [6.07, 6.45) is 10.7. The van der Waals surface area contributed by atoms with Crippen LogP contribution in [0.4, 0.5) is 0 Å². The first kappa shape index (κ1) is 13.5. The van der Waals surface area contributed by atoms with E-state index in [0.717, 1.165) is 11.1 Å². The number of hydrogen-bond acceptors (Lipinski definition) is 1. The topological polar surface area (TPSA) is 23.8 Å². The highest BCUT2D eigenvalue weighted by Gasteiger charge is 1.95. The van der Waals surface area contributed by atoms with Gasteiger partial charge in [0.05, 0.1) is 11.6 Å². The molecule has 1 aromatic rings. The van der Waals surface area contributed by atoms with Crippen LogP contribution in [0.1, 0.15) is 5.56 Å². The predicted octanol–water partition coefficient (Wildman–Crippen LogP) is 4.45. The molecule has 0 saturated carbocycles.